The molecule has 0 N–H and O–H groups in total. The minimum Gasteiger partial charge on any atom is -0.465 e. The van der Waals surface area contributed by atoms with Gasteiger partial charge in [-0.05, 0) is 29.8 Å². The van der Waals surface area contributed by atoms with Crippen molar-refractivity contribution in [3.05, 3.63) is 54.8 Å². The van der Waals surface area contributed by atoms with Crippen LogP contribution in [0.1, 0.15) is 6.92 Å². The van der Waals surface area contributed by atoms with E-state index in [9.17, 15) is 4.79 Å². The Bertz CT molecular complexity index is 573. The van der Waals surface area contributed by atoms with Gasteiger partial charge in [-0.3, -0.25) is 0 Å². The van der Waals surface area contributed by atoms with E-state index >= 15 is 0 Å². The van der Waals surface area contributed by atoms with Gasteiger partial charge < -0.3 is 9.47 Å². The average molecular weight is 242 g/mol. The van der Waals surface area contributed by atoms with E-state index < -0.39 is 5.97 Å². The fourth-order valence-electron chi connectivity index (χ4n) is 1.60. The molecule has 2 rings (SSSR count). The summed E-state index contributed by atoms with van der Waals surface area (Å²) < 4.78 is 10.1. The summed E-state index contributed by atoms with van der Waals surface area (Å²) in [6.45, 7) is 2.12. The largest absolute Gasteiger partial charge is 0.465 e. The molecule has 0 saturated carbocycles. The van der Waals surface area contributed by atoms with Gasteiger partial charge >= 0.3 is 5.97 Å². The molecule has 0 aromatic heterocycles. The standard InChI is InChI=1S/C15H14O3/c1-2-17-15(16)9-10-18-14-8-7-12-5-3-4-6-13(12)11-14/h3-11H,2H2,1H3/b10-9-. The number of esters is 1. The maximum Gasteiger partial charge on any atom is 0.333 e. The number of hydrogen-bond donors (Lipinski definition) is 0. The molecule has 0 atom stereocenters. The number of fused-ring (bicyclic) bond motifs is 1. The molecule has 0 heterocycles. The minimum atomic E-state index is -0.404. The highest BCUT2D eigenvalue weighted by atomic mass is 16.5. The lowest BCUT2D eigenvalue weighted by molar-refractivity contribution is -0.137. The summed E-state index contributed by atoms with van der Waals surface area (Å²) >= 11 is 0. The lowest BCUT2D eigenvalue weighted by Gasteiger charge is -2.02. The van der Waals surface area contributed by atoms with Crippen molar-refractivity contribution in [2.75, 3.05) is 6.61 Å². The van der Waals surface area contributed by atoms with Crippen molar-refractivity contribution in [3.63, 3.8) is 0 Å². The zero-order chi connectivity index (χ0) is 12.8. The Morgan fingerprint density at radius 3 is 2.72 bits per heavy atom. The van der Waals surface area contributed by atoms with Gasteiger partial charge in [0.2, 0.25) is 0 Å². The molecule has 0 saturated heterocycles. The Balaban J connectivity index is 2.06. The third-order valence-corrected chi connectivity index (χ3v) is 2.42. The monoisotopic (exact) mass is 242 g/mol. The SMILES string of the molecule is CCOC(=O)/C=C\Oc1ccc2ccccc2c1. The molecule has 0 aliphatic heterocycles. The van der Waals surface area contributed by atoms with E-state index in [4.69, 9.17) is 9.47 Å². The van der Waals surface area contributed by atoms with E-state index in [1.165, 1.54) is 12.3 Å². The van der Waals surface area contributed by atoms with Crippen molar-refractivity contribution >= 4 is 16.7 Å². The van der Waals surface area contributed by atoms with Gasteiger partial charge in [0.25, 0.3) is 0 Å². The van der Waals surface area contributed by atoms with Crippen LogP contribution in [0.2, 0.25) is 0 Å². The summed E-state index contributed by atoms with van der Waals surface area (Å²) in [6, 6.07) is 13.8. The second-order valence-corrected chi connectivity index (χ2v) is 3.68. The number of carbonyl (C=O) groups is 1. The number of hydrogen-bond acceptors (Lipinski definition) is 3. The van der Waals surface area contributed by atoms with Crippen LogP contribution >= 0.6 is 0 Å². The smallest absolute Gasteiger partial charge is 0.333 e. The van der Waals surface area contributed by atoms with Crippen molar-refractivity contribution in [1.82, 2.24) is 0 Å². The molecular formula is C15H14O3. The van der Waals surface area contributed by atoms with Gasteiger partial charge in [-0.25, -0.2) is 4.79 Å². The Kier molecular flexibility index (Phi) is 3.97. The summed E-state index contributed by atoms with van der Waals surface area (Å²) in [5.74, 6) is 0.285. The number of carbonyl (C=O) groups excluding carboxylic acids is 1. The van der Waals surface area contributed by atoms with Crippen molar-refractivity contribution in [3.8, 4) is 5.75 Å². The second-order valence-electron chi connectivity index (χ2n) is 3.68. The van der Waals surface area contributed by atoms with Crippen molar-refractivity contribution in [2.24, 2.45) is 0 Å². The Hall–Kier alpha value is -2.29. The fourth-order valence-corrected chi connectivity index (χ4v) is 1.60. The topological polar surface area (TPSA) is 35.5 Å². The van der Waals surface area contributed by atoms with E-state index in [-0.39, 0.29) is 0 Å². The van der Waals surface area contributed by atoms with Crippen LogP contribution in [0, 0.1) is 0 Å². The predicted octanol–water partition coefficient (Wildman–Crippen LogP) is 3.30. The van der Waals surface area contributed by atoms with Gasteiger partial charge in [0, 0.05) is 0 Å². The van der Waals surface area contributed by atoms with E-state index in [2.05, 4.69) is 0 Å². The molecular weight excluding hydrogens is 228 g/mol. The molecule has 3 nitrogen and oxygen atoms in total. The molecule has 18 heavy (non-hydrogen) atoms. The van der Waals surface area contributed by atoms with Gasteiger partial charge in [0.05, 0.1) is 18.9 Å². The highest BCUT2D eigenvalue weighted by Gasteiger charge is 1.96. The van der Waals surface area contributed by atoms with Gasteiger partial charge in [-0.15, -0.1) is 0 Å². The van der Waals surface area contributed by atoms with Crippen molar-refractivity contribution < 1.29 is 14.3 Å². The third kappa shape index (κ3) is 3.10. The Morgan fingerprint density at radius 2 is 1.94 bits per heavy atom. The first-order chi connectivity index (χ1) is 8.79. The van der Waals surface area contributed by atoms with Gasteiger partial charge in [0.1, 0.15) is 5.75 Å². The zero-order valence-electron chi connectivity index (χ0n) is 10.1. The Labute approximate surface area is 106 Å². The molecule has 0 aliphatic rings. The van der Waals surface area contributed by atoms with Crippen LogP contribution < -0.4 is 4.74 Å². The molecule has 3 heteroatoms. The maximum absolute atomic E-state index is 11.1. The van der Waals surface area contributed by atoms with E-state index in [0.29, 0.717) is 12.4 Å². The average Bonchev–Trinajstić information content (AvgIpc) is 2.39. The quantitative estimate of drug-likeness (QED) is 0.469. The predicted molar refractivity (Wildman–Crippen MR) is 70.3 cm³/mol. The second kappa shape index (κ2) is 5.87. The number of benzene rings is 2. The first-order valence-corrected chi connectivity index (χ1v) is 5.78. The zero-order valence-corrected chi connectivity index (χ0v) is 10.1. The summed E-state index contributed by atoms with van der Waals surface area (Å²) in [7, 11) is 0. The van der Waals surface area contributed by atoms with E-state index in [0.717, 1.165) is 10.8 Å². The van der Waals surface area contributed by atoms with Crippen molar-refractivity contribution in [1.29, 1.82) is 0 Å². The minimum absolute atomic E-state index is 0.360. The van der Waals surface area contributed by atoms with Gasteiger partial charge in [-0.1, -0.05) is 30.3 Å². The number of ether oxygens (including phenoxy) is 2. The van der Waals surface area contributed by atoms with Crippen LogP contribution in [0.3, 0.4) is 0 Å². The van der Waals surface area contributed by atoms with Gasteiger partial charge in [-0.2, -0.15) is 0 Å². The molecule has 0 unspecified atom stereocenters. The van der Waals surface area contributed by atoms with E-state index in [1.54, 1.807) is 6.92 Å². The normalized spacial score (nSPS) is 10.7. The summed E-state index contributed by atoms with van der Waals surface area (Å²) in [4.78, 5) is 11.1. The molecule has 92 valence electrons. The lowest BCUT2D eigenvalue weighted by atomic mass is 10.1. The Morgan fingerprint density at radius 1 is 1.17 bits per heavy atom. The van der Waals surface area contributed by atoms with Crippen LogP contribution in [-0.4, -0.2) is 12.6 Å². The molecule has 0 radical (unpaired) electrons. The molecule has 0 bridgehead atoms. The van der Waals surface area contributed by atoms with Crippen LogP contribution in [-0.2, 0) is 9.53 Å². The molecule has 0 amide bonds. The third-order valence-electron chi connectivity index (χ3n) is 2.42. The van der Waals surface area contributed by atoms with Crippen LogP contribution in [0.4, 0.5) is 0 Å². The first-order valence-electron chi connectivity index (χ1n) is 5.78. The van der Waals surface area contributed by atoms with Crippen LogP contribution in [0.25, 0.3) is 10.8 Å². The van der Waals surface area contributed by atoms with Crippen LogP contribution in [0.5, 0.6) is 5.75 Å². The number of rotatable bonds is 4. The molecule has 0 aliphatic carbocycles. The molecule has 0 fully saturated rings. The molecule has 2 aromatic rings. The van der Waals surface area contributed by atoms with Gasteiger partial charge in [0.15, 0.2) is 0 Å². The maximum atomic E-state index is 11.1. The highest BCUT2D eigenvalue weighted by molar-refractivity contribution is 5.84. The summed E-state index contributed by atoms with van der Waals surface area (Å²) in [5.41, 5.74) is 0. The highest BCUT2D eigenvalue weighted by Crippen LogP contribution is 2.20. The summed E-state index contributed by atoms with van der Waals surface area (Å²) in [5, 5.41) is 2.25. The summed E-state index contributed by atoms with van der Waals surface area (Å²) in [6.07, 6.45) is 2.60. The lowest BCUT2D eigenvalue weighted by Crippen LogP contribution is -1.99. The molecule has 2 aromatic carbocycles. The van der Waals surface area contributed by atoms with Crippen molar-refractivity contribution in [2.45, 2.75) is 6.92 Å². The van der Waals surface area contributed by atoms with Crippen LogP contribution in [0.15, 0.2) is 54.8 Å². The molecule has 0 spiro atoms. The first kappa shape index (κ1) is 12.2. The fraction of sp³-hybridized carbons (Fsp3) is 0.133. The van der Waals surface area contributed by atoms with E-state index in [1.807, 2.05) is 42.5 Å².